The number of imidazole rings is 1. The number of tetrazole rings is 1. The Balaban J connectivity index is 1.41. The summed E-state index contributed by atoms with van der Waals surface area (Å²) >= 11 is 0. The van der Waals surface area contributed by atoms with Crippen molar-refractivity contribution in [1.29, 1.82) is 0 Å². The van der Waals surface area contributed by atoms with Gasteiger partial charge in [0, 0.05) is 30.9 Å². The summed E-state index contributed by atoms with van der Waals surface area (Å²) in [7, 11) is 0. The first kappa shape index (κ1) is 21.1. The van der Waals surface area contributed by atoms with Gasteiger partial charge < -0.3 is 5.32 Å². The molecule has 0 aliphatic rings. The van der Waals surface area contributed by atoms with Crippen LogP contribution in [0.15, 0.2) is 36.8 Å². The number of hydrogen-bond acceptors (Lipinski definition) is 7. The Kier molecular flexibility index (Phi) is 5.66. The van der Waals surface area contributed by atoms with E-state index in [4.69, 9.17) is 0 Å². The summed E-state index contributed by atoms with van der Waals surface area (Å²) in [4.78, 5) is 21.4. The molecule has 4 aromatic heterocycles. The lowest BCUT2D eigenvalue weighted by atomic mass is 10.1. The standard InChI is InChI=1S/C18H17F3N10O/c1-2-31-28-14(26-29-31)5-6-23-17(32)25-15-10-30-16(24-15)4-3-13(27-30)11-7-12(9-22-8-11)18(19,20)21/h3-4,7-10H,2,5-6H2,1H3,(H2,23,25,32). The van der Waals surface area contributed by atoms with Gasteiger partial charge in [0.1, 0.15) is 0 Å². The van der Waals surface area contributed by atoms with Gasteiger partial charge in [-0.15, -0.1) is 10.2 Å². The Labute approximate surface area is 178 Å². The van der Waals surface area contributed by atoms with Crippen LogP contribution in [0.5, 0.6) is 0 Å². The van der Waals surface area contributed by atoms with E-state index in [9.17, 15) is 18.0 Å². The van der Waals surface area contributed by atoms with E-state index in [0.29, 0.717) is 31.0 Å². The number of amides is 2. The van der Waals surface area contributed by atoms with Gasteiger partial charge in [-0.3, -0.25) is 10.3 Å². The van der Waals surface area contributed by atoms with Gasteiger partial charge in [-0.2, -0.15) is 23.1 Å². The zero-order chi connectivity index (χ0) is 22.7. The summed E-state index contributed by atoms with van der Waals surface area (Å²) in [5, 5.41) is 21.3. The van der Waals surface area contributed by atoms with Gasteiger partial charge in [-0.05, 0) is 30.3 Å². The minimum Gasteiger partial charge on any atom is -0.337 e. The van der Waals surface area contributed by atoms with E-state index in [1.165, 1.54) is 27.8 Å². The van der Waals surface area contributed by atoms with Crippen molar-refractivity contribution in [3.05, 3.63) is 48.2 Å². The van der Waals surface area contributed by atoms with Crippen LogP contribution in [0.1, 0.15) is 18.3 Å². The average molecular weight is 446 g/mol. The van der Waals surface area contributed by atoms with E-state index in [-0.39, 0.29) is 17.1 Å². The van der Waals surface area contributed by atoms with Gasteiger partial charge in [-0.1, -0.05) is 0 Å². The number of aryl methyl sites for hydroxylation is 1. The molecule has 0 saturated carbocycles. The molecule has 4 rings (SSSR count). The number of fused-ring (bicyclic) bond motifs is 1. The first-order chi connectivity index (χ1) is 15.3. The number of nitrogens with zero attached hydrogens (tertiary/aromatic N) is 8. The van der Waals surface area contributed by atoms with Gasteiger partial charge in [0.2, 0.25) is 0 Å². The minimum absolute atomic E-state index is 0.205. The second-order valence-corrected chi connectivity index (χ2v) is 6.63. The summed E-state index contributed by atoms with van der Waals surface area (Å²) in [6.45, 7) is 2.79. The molecule has 4 heterocycles. The molecule has 4 aromatic rings. The quantitative estimate of drug-likeness (QED) is 0.465. The number of hydrogen-bond donors (Lipinski definition) is 2. The molecule has 11 nitrogen and oxygen atoms in total. The average Bonchev–Trinajstić information content (AvgIpc) is 3.38. The fraction of sp³-hybridized carbons (Fsp3) is 0.278. The van der Waals surface area contributed by atoms with Crippen molar-refractivity contribution >= 4 is 17.5 Å². The van der Waals surface area contributed by atoms with Crippen LogP contribution in [0.4, 0.5) is 23.8 Å². The molecule has 0 spiro atoms. The maximum atomic E-state index is 12.9. The van der Waals surface area contributed by atoms with Crippen molar-refractivity contribution in [3.8, 4) is 11.3 Å². The van der Waals surface area contributed by atoms with Crippen LogP contribution in [0.25, 0.3) is 16.9 Å². The fourth-order valence-corrected chi connectivity index (χ4v) is 2.79. The van der Waals surface area contributed by atoms with E-state index in [0.717, 1.165) is 12.3 Å². The number of rotatable bonds is 6. The van der Waals surface area contributed by atoms with Gasteiger partial charge >= 0.3 is 12.2 Å². The topological polar surface area (TPSA) is 128 Å². The van der Waals surface area contributed by atoms with Crippen LogP contribution in [-0.4, -0.2) is 52.4 Å². The van der Waals surface area contributed by atoms with E-state index >= 15 is 0 Å². The number of anilines is 1. The second-order valence-electron chi connectivity index (χ2n) is 6.63. The van der Waals surface area contributed by atoms with Crippen LogP contribution >= 0.6 is 0 Å². The molecule has 0 atom stereocenters. The second kappa shape index (κ2) is 8.56. The molecule has 0 aliphatic heterocycles. The predicted molar refractivity (Wildman–Crippen MR) is 105 cm³/mol. The normalized spacial score (nSPS) is 11.6. The third kappa shape index (κ3) is 4.79. The summed E-state index contributed by atoms with van der Waals surface area (Å²) in [6, 6.07) is 3.59. The third-order valence-corrected chi connectivity index (χ3v) is 4.33. The van der Waals surface area contributed by atoms with Gasteiger partial charge in [-0.25, -0.2) is 14.3 Å². The molecule has 0 aliphatic carbocycles. The van der Waals surface area contributed by atoms with E-state index in [1.54, 1.807) is 6.07 Å². The lowest BCUT2D eigenvalue weighted by Crippen LogP contribution is -2.30. The number of urea groups is 1. The highest BCUT2D eigenvalue weighted by Gasteiger charge is 2.31. The van der Waals surface area contributed by atoms with E-state index < -0.39 is 17.8 Å². The highest BCUT2D eigenvalue weighted by atomic mass is 19.4. The summed E-state index contributed by atoms with van der Waals surface area (Å²) in [5.74, 6) is 0.741. The van der Waals surface area contributed by atoms with Crippen LogP contribution in [0.2, 0.25) is 0 Å². The molecule has 0 radical (unpaired) electrons. The van der Waals surface area contributed by atoms with Crippen molar-refractivity contribution in [2.24, 2.45) is 0 Å². The molecule has 14 heteroatoms. The Bertz CT molecular complexity index is 1250. The number of aromatic nitrogens is 8. The fourth-order valence-electron chi connectivity index (χ4n) is 2.79. The number of carbonyl (C=O) groups excluding carboxylic acids is 1. The lowest BCUT2D eigenvalue weighted by Gasteiger charge is -2.07. The van der Waals surface area contributed by atoms with Crippen molar-refractivity contribution in [1.82, 2.24) is 45.1 Å². The van der Waals surface area contributed by atoms with Gasteiger partial charge in [0.15, 0.2) is 17.3 Å². The van der Waals surface area contributed by atoms with E-state index in [2.05, 4.69) is 41.1 Å². The number of alkyl halides is 3. The maximum Gasteiger partial charge on any atom is 0.417 e. The first-order valence-corrected chi connectivity index (χ1v) is 9.52. The lowest BCUT2D eigenvalue weighted by molar-refractivity contribution is -0.137. The minimum atomic E-state index is -4.50. The van der Waals surface area contributed by atoms with Gasteiger partial charge in [0.05, 0.1) is 24.0 Å². The highest BCUT2D eigenvalue weighted by Crippen LogP contribution is 2.31. The zero-order valence-electron chi connectivity index (χ0n) is 16.7. The van der Waals surface area contributed by atoms with Crippen LogP contribution in [-0.2, 0) is 19.1 Å². The Morgan fingerprint density at radius 1 is 1.19 bits per heavy atom. The van der Waals surface area contributed by atoms with Crippen LogP contribution in [0, 0.1) is 0 Å². The SMILES string of the molecule is CCn1nnc(CCNC(=O)Nc2cn3nc(-c4cncc(C(F)(F)F)c4)ccc3n2)n1. The molecule has 0 unspecified atom stereocenters. The number of carbonyl (C=O) groups is 1. The highest BCUT2D eigenvalue weighted by molar-refractivity contribution is 5.88. The summed E-state index contributed by atoms with van der Waals surface area (Å²) < 4.78 is 40.2. The number of pyridine rings is 1. The predicted octanol–water partition coefficient (Wildman–Crippen LogP) is 2.18. The molecule has 0 bridgehead atoms. The Hall–Kier alpha value is -4.10. The number of nitrogens with one attached hydrogen (secondary N) is 2. The molecule has 2 amide bonds. The molecule has 32 heavy (non-hydrogen) atoms. The van der Waals surface area contributed by atoms with Crippen molar-refractivity contribution in [2.45, 2.75) is 26.1 Å². The zero-order valence-corrected chi connectivity index (χ0v) is 16.7. The van der Waals surface area contributed by atoms with Crippen LogP contribution < -0.4 is 10.6 Å². The van der Waals surface area contributed by atoms with E-state index in [1.807, 2.05) is 6.92 Å². The smallest absolute Gasteiger partial charge is 0.337 e. The maximum absolute atomic E-state index is 12.9. The number of halogens is 3. The molecule has 2 N–H and O–H groups in total. The molecule has 0 aromatic carbocycles. The Morgan fingerprint density at radius 2 is 2.03 bits per heavy atom. The van der Waals surface area contributed by atoms with Crippen molar-refractivity contribution < 1.29 is 18.0 Å². The molecule has 0 saturated heterocycles. The summed E-state index contributed by atoms with van der Waals surface area (Å²) in [5.41, 5.74) is 0.0202. The van der Waals surface area contributed by atoms with Crippen molar-refractivity contribution in [2.75, 3.05) is 11.9 Å². The molecule has 166 valence electrons. The van der Waals surface area contributed by atoms with Crippen molar-refractivity contribution in [3.63, 3.8) is 0 Å². The monoisotopic (exact) mass is 446 g/mol. The molecular weight excluding hydrogens is 429 g/mol. The first-order valence-electron chi connectivity index (χ1n) is 9.52. The van der Waals surface area contributed by atoms with Crippen LogP contribution in [0.3, 0.4) is 0 Å². The largest absolute Gasteiger partial charge is 0.417 e. The Morgan fingerprint density at radius 3 is 2.78 bits per heavy atom. The summed E-state index contributed by atoms with van der Waals surface area (Å²) in [6.07, 6.45) is -0.597. The molecule has 0 fully saturated rings. The van der Waals surface area contributed by atoms with Gasteiger partial charge in [0.25, 0.3) is 0 Å². The third-order valence-electron chi connectivity index (χ3n) is 4.33. The molecular formula is C18H17F3N10O.